The molecule has 1 saturated heterocycles. The van der Waals surface area contributed by atoms with Gasteiger partial charge in [-0.2, -0.15) is 5.26 Å². The third-order valence-electron chi connectivity index (χ3n) is 5.60. The number of para-hydroxylation sites is 1. The minimum Gasteiger partial charge on any atom is -0.488 e. The number of carbonyl (C=O) groups is 1. The van der Waals surface area contributed by atoms with Gasteiger partial charge in [0, 0.05) is 10.0 Å². The Hall–Kier alpha value is -4.12. The van der Waals surface area contributed by atoms with E-state index in [2.05, 4.69) is 32.3 Å². The summed E-state index contributed by atoms with van der Waals surface area (Å²) in [5.41, 5.74) is 5.08. The lowest BCUT2D eigenvalue weighted by Crippen LogP contribution is -2.19. The fraction of sp³-hybridized carbons (Fsp3) is 0.0333. The minimum atomic E-state index is -0.196. The van der Waals surface area contributed by atoms with Gasteiger partial charge >= 0.3 is 0 Å². The molecule has 0 spiro atoms. The highest BCUT2D eigenvalue weighted by molar-refractivity contribution is 9.10. The van der Waals surface area contributed by atoms with E-state index in [0.29, 0.717) is 28.0 Å². The molecule has 1 aliphatic rings. The largest absolute Gasteiger partial charge is 0.488 e. The minimum absolute atomic E-state index is 0.196. The Morgan fingerprint density at radius 2 is 1.73 bits per heavy atom. The molecule has 1 fully saturated rings. The molecule has 0 atom stereocenters. The second kappa shape index (κ2) is 11.3. The van der Waals surface area contributed by atoms with Crippen LogP contribution < -0.4 is 10.1 Å². The molecule has 37 heavy (non-hydrogen) atoms. The maximum atomic E-state index is 12.6. The normalized spacial score (nSPS) is 15.0. The standard InChI is InChI=1S/C30H20BrN3O2S/c31-24-14-15-27(36-19-20-10-12-21(13-11-20)26-9-5-4-6-22(26)18-32)23(16-24)17-28-29(35)34-30(37-28)33-25-7-2-1-3-8-25/h1-17H,19H2,(H,33,34,35)/b28-17+. The van der Waals surface area contributed by atoms with Gasteiger partial charge in [0.2, 0.25) is 0 Å². The third kappa shape index (κ3) is 6.00. The zero-order chi connectivity index (χ0) is 25.6. The monoisotopic (exact) mass is 565 g/mol. The molecule has 1 aliphatic heterocycles. The Bertz CT molecular complexity index is 1560. The first-order chi connectivity index (χ1) is 18.1. The van der Waals surface area contributed by atoms with Crippen molar-refractivity contribution in [1.82, 2.24) is 5.32 Å². The fourth-order valence-electron chi connectivity index (χ4n) is 3.78. The van der Waals surface area contributed by atoms with Crippen molar-refractivity contribution in [1.29, 1.82) is 5.26 Å². The van der Waals surface area contributed by atoms with E-state index < -0.39 is 0 Å². The summed E-state index contributed by atoms with van der Waals surface area (Å²) < 4.78 is 7.03. The number of amides is 1. The van der Waals surface area contributed by atoms with Gasteiger partial charge in [-0.15, -0.1) is 0 Å². The van der Waals surface area contributed by atoms with Crippen LogP contribution in [-0.4, -0.2) is 11.1 Å². The topological polar surface area (TPSA) is 74.5 Å². The van der Waals surface area contributed by atoms with Gasteiger partial charge in [-0.25, -0.2) is 4.99 Å². The van der Waals surface area contributed by atoms with Crippen LogP contribution in [0.3, 0.4) is 0 Å². The van der Waals surface area contributed by atoms with Gasteiger partial charge in [-0.3, -0.25) is 4.79 Å². The van der Waals surface area contributed by atoms with Crippen molar-refractivity contribution in [3.05, 3.63) is 123 Å². The number of rotatable bonds is 6. The van der Waals surface area contributed by atoms with Crippen LogP contribution >= 0.6 is 27.7 Å². The van der Waals surface area contributed by atoms with Crippen molar-refractivity contribution < 1.29 is 9.53 Å². The van der Waals surface area contributed by atoms with Gasteiger partial charge in [-0.05, 0) is 70.9 Å². The van der Waals surface area contributed by atoms with E-state index in [4.69, 9.17) is 4.74 Å². The number of aliphatic imine (C=N–C) groups is 1. The lowest BCUT2D eigenvalue weighted by molar-refractivity contribution is -0.115. The van der Waals surface area contributed by atoms with Gasteiger partial charge < -0.3 is 10.1 Å². The average molecular weight is 566 g/mol. The number of carbonyl (C=O) groups excluding carboxylic acids is 1. The molecule has 0 saturated carbocycles. The average Bonchev–Trinajstić information content (AvgIpc) is 3.27. The first-order valence-corrected chi connectivity index (χ1v) is 13.1. The summed E-state index contributed by atoms with van der Waals surface area (Å²) in [6.07, 6.45) is 1.82. The van der Waals surface area contributed by atoms with Crippen molar-refractivity contribution in [2.75, 3.05) is 0 Å². The smallest absolute Gasteiger partial charge is 0.264 e. The summed E-state index contributed by atoms with van der Waals surface area (Å²) in [6.45, 7) is 0.359. The summed E-state index contributed by atoms with van der Waals surface area (Å²) >= 11 is 4.81. The zero-order valence-corrected chi connectivity index (χ0v) is 21.9. The van der Waals surface area contributed by atoms with Crippen LogP contribution in [0.4, 0.5) is 5.69 Å². The summed E-state index contributed by atoms with van der Waals surface area (Å²) in [7, 11) is 0. The number of nitrogens with one attached hydrogen (secondary N) is 1. The summed E-state index contributed by atoms with van der Waals surface area (Å²) in [5.74, 6) is 0.468. The molecule has 0 unspecified atom stereocenters. The summed E-state index contributed by atoms with van der Waals surface area (Å²) in [4.78, 5) is 17.6. The van der Waals surface area contributed by atoms with E-state index in [9.17, 15) is 10.1 Å². The molecule has 1 amide bonds. The van der Waals surface area contributed by atoms with Crippen LogP contribution in [0, 0.1) is 11.3 Å². The molecule has 0 aromatic heterocycles. The van der Waals surface area contributed by atoms with E-state index in [1.54, 1.807) is 0 Å². The number of hydrogen-bond acceptors (Lipinski definition) is 5. The molecule has 5 nitrogen and oxygen atoms in total. The Labute approximate surface area is 227 Å². The van der Waals surface area contributed by atoms with Gasteiger partial charge in [0.1, 0.15) is 12.4 Å². The number of benzene rings is 4. The molecule has 5 rings (SSSR count). The van der Waals surface area contributed by atoms with Crippen LogP contribution in [0.2, 0.25) is 0 Å². The Balaban J connectivity index is 1.32. The number of halogens is 1. The molecule has 0 radical (unpaired) electrons. The predicted molar refractivity (Wildman–Crippen MR) is 152 cm³/mol. The molecule has 180 valence electrons. The molecule has 4 aromatic rings. The van der Waals surface area contributed by atoms with E-state index in [1.165, 1.54) is 11.8 Å². The van der Waals surface area contributed by atoms with Crippen molar-refractivity contribution in [3.63, 3.8) is 0 Å². The van der Waals surface area contributed by atoms with Gasteiger partial charge in [0.15, 0.2) is 5.17 Å². The number of amidine groups is 1. The first kappa shape index (κ1) is 24.6. The van der Waals surface area contributed by atoms with Crippen molar-refractivity contribution in [2.24, 2.45) is 4.99 Å². The number of hydrogen-bond donors (Lipinski definition) is 1. The highest BCUT2D eigenvalue weighted by Crippen LogP contribution is 2.32. The Kier molecular flexibility index (Phi) is 7.50. The quantitative estimate of drug-likeness (QED) is 0.246. The molecule has 0 bridgehead atoms. The van der Waals surface area contributed by atoms with E-state index >= 15 is 0 Å². The molecular weight excluding hydrogens is 546 g/mol. The summed E-state index contributed by atoms with van der Waals surface area (Å²) in [6, 6.07) is 33.0. The van der Waals surface area contributed by atoms with Crippen LogP contribution in [0.15, 0.2) is 111 Å². The number of thioether (sulfide) groups is 1. The Morgan fingerprint density at radius 1 is 0.973 bits per heavy atom. The predicted octanol–water partition coefficient (Wildman–Crippen LogP) is 7.46. The third-order valence-corrected chi connectivity index (χ3v) is 7.01. The van der Waals surface area contributed by atoms with Crippen molar-refractivity contribution >= 4 is 50.5 Å². The molecule has 4 aromatic carbocycles. The lowest BCUT2D eigenvalue weighted by atomic mass is 9.99. The van der Waals surface area contributed by atoms with Gasteiger partial charge in [0.05, 0.1) is 22.2 Å². The highest BCUT2D eigenvalue weighted by atomic mass is 79.9. The second-order valence-electron chi connectivity index (χ2n) is 8.14. The van der Waals surface area contributed by atoms with Crippen LogP contribution in [0.5, 0.6) is 5.75 Å². The van der Waals surface area contributed by atoms with Crippen LogP contribution in [0.1, 0.15) is 16.7 Å². The number of ether oxygens (including phenoxy) is 1. The maximum absolute atomic E-state index is 12.6. The lowest BCUT2D eigenvalue weighted by Gasteiger charge is -2.11. The Morgan fingerprint density at radius 3 is 2.51 bits per heavy atom. The molecule has 1 heterocycles. The van der Waals surface area contributed by atoms with Crippen LogP contribution in [-0.2, 0) is 11.4 Å². The number of nitriles is 1. The number of nitrogens with zero attached hydrogens (tertiary/aromatic N) is 2. The van der Waals surface area contributed by atoms with Gasteiger partial charge in [0.25, 0.3) is 5.91 Å². The fourth-order valence-corrected chi connectivity index (χ4v) is 4.99. The van der Waals surface area contributed by atoms with Crippen molar-refractivity contribution in [2.45, 2.75) is 6.61 Å². The highest BCUT2D eigenvalue weighted by Gasteiger charge is 2.24. The van der Waals surface area contributed by atoms with Crippen molar-refractivity contribution in [3.8, 4) is 22.9 Å². The summed E-state index contributed by atoms with van der Waals surface area (Å²) in [5, 5.41) is 12.7. The van der Waals surface area contributed by atoms with Crippen LogP contribution in [0.25, 0.3) is 17.2 Å². The SMILES string of the molecule is N#Cc1ccccc1-c1ccc(COc2ccc(Br)cc2/C=C2/SC(=Nc3ccccc3)NC2=O)cc1. The van der Waals surface area contributed by atoms with Gasteiger partial charge in [-0.1, -0.05) is 76.6 Å². The molecular formula is C30H20BrN3O2S. The molecule has 1 N–H and O–H groups in total. The van der Waals surface area contributed by atoms with E-state index in [-0.39, 0.29) is 5.91 Å². The van der Waals surface area contributed by atoms with E-state index in [0.717, 1.165) is 32.4 Å². The van der Waals surface area contributed by atoms with E-state index in [1.807, 2.05) is 103 Å². The molecule has 7 heteroatoms. The second-order valence-corrected chi connectivity index (χ2v) is 10.1. The zero-order valence-electron chi connectivity index (χ0n) is 19.5. The maximum Gasteiger partial charge on any atom is 0.264 e. The first-order valence-electron chi connectivity index (χ1n) is 11.4. The molecule has 0 aliphatic carbocycles.